The fraction of sp³-hybridized carbons (Fsp3) is 0. The van der Waals surface area contributed by atoms with Crippen LogP contribution in [0.25, 0.3) is 0 Å². The monoisotopic (exact) mass is 190 g/mol. The average molecular weight is 191 g/mol. The maximum Gasteiger partial charge on any atom is 0.214 e. The molecular weight excluding hydrogens is 187 g/mol. The summed E-state index contributed by atoms with van der Waals surface area (Å²) in [5.74, 6) is -0.384. The summed E-state index contributed by atoms with van der Waals surface area (Å²) < 4.78 is 12.8. The summed E-state index contributed by atoms with van der Waals surface area (Å²) in [7, 11) is 0. The number of hydrogen-bond acceptors (Lipinski definition) is 2. The van der Waals surface area contributed by atoms with E-state index in [0.717, 1.165) is 0 Å². The lowest BCUT2D eigenvalue weighted by Gasteiger charge is -1.93. The molecule has 0 radical (unpaired) electrons. The number of nitrogens with two attached hydrogens (primary N) is 1. The predicted octanol–water partition coefficient (Wildman–Crippen LogP) is 1.57. The van der Waals surface area contributed by atoms with Crippen LogP contribution in [0, 0.1) is 5.95 Å². The average Bonchev–Trinajstić information content (AvgIpc) is 1.80. The van der Waals surface area contributed by atoms with Crippen molar-refractivity contribution in [2.45, 2.75) is 0 Å². The lowest BCUT2D eigenvalue weighted by Crippen LogP contribution is -1.92. The Hall–Kier alpha value is -0.640. The zero-order valence-electron chi connectivity index (χ0n) is 4.44. The van der Waals surface area contributed by atoms with Gasteiger partial charge in [0.2, 0.25) is 5.95 Å². The Morgan fingerprint density at radius 3 is 2.67 bits per heavy atom. The Labute approximate surface area is 60.0 Å². The van der Waals surface area contributed by atoms with Gasteiger partial charge in [0.25, 0.3) is 0 Å². The second kappa shape index (κ2) is 2.31. The van der Waals surface area contributed by atoms with E-state index in [4.69, 9.17) is 5.73 Å². The highest BCUT2D eigenvalue weighted by Gasteiger charge is 1.95. The maximum atomic E-state index is 12.1. The van der Waals surface area contributed by atoms with Crippen LogP contribution in [-0.2, 0) is 0 Å². The van der Waals surface area contributed by atoms with Gasteiger partial charge < -0.3 is 5.73 Å². The fourth-order valence-corrected chi connectivity index (χ4v) is 0.654. The molecular formula is C5H4BrFN2. The molecule has 1 aromatic heterocycles. The first-order chi connectivity index (χ1) is 4.20. The van der Waals surface area contributed by atoms with Gasteiger partial charge in [-0.3, -0.25) is 0 Å². The van der Waals surface area contributed by atoms with Crippen molar-refractivity contribution >= 4 is 21.7 Å². The van der Waals surface area contributed by atoms with Crippen molar-refractivity contribution in [1.29, 1.82) is 0 Å². The van der Waals surface area contributed by atoms with Gasteiger partial charge in [-0.25, -0.2) is 4.98 Å². The van der Waals surface area contributed by atoms with Crippen molar-refractivity contribution in [2.75, 3.05) is 5.73 Å². The SMILES string of the molecule is Nc1nc(F)ccc1Br. The lowest BCUT2D eigenvalue weighted by atomic mass is 10.5. The van der Waals surface area contributed by atoms with Crippen LogP contribution in [0.3, 0.4) is 0 Å². The first kappa shape index (κ1) is 6.48. The number of rotatable bonds is 0. The molecule has 4 heteroatoms. The van der Waals surface area contributed by atoms with Crippen molar-refractivity contribution < 1.29 is 4.39 Å². The Bertz CT molecular complexity index is 226. The van der Waals surface area contributed by atoms with Crippen molar-refractivity contribution in [3.05, 3.63) is 22.6 Å². The van der Waals surface area contributed by atoms with Crippen LogP contribution >= 0.6 is 15.9 Å². The fourth-order valence-electron chi connectivity index (χ4n) is 0.433. The largest absolute Gasteiger partial charge is 0.383 e. The van der Waals surface area contributed by atoms with E-state index in [0.29, 0.717) is 4.47 Å². The molecule has 0 aliphatic rings. The maximum absolute atomic E-state index is 12.1. The molecule has 0 saturated heterocycles. The number of nitrogen functional groups attached to an aromatic ring is 1. The van der Waals surface area contributed by atoms with Gasteiger partial charge in [0.05, 0.1) is 4.47 Å². The van der Waals surface area contributed by atoms with Crippen LogP contribution in [0.15, 0.2) is 16.6 Å². The molecule has 0 amide bonds. The molecule has 48 valence electrons. The molecule has 0 atom stereocenters. The standard InChI is InChI=1S/C5H4BrFN2/c6-3-1-2-4(7)9-5(3)8/h1-2H,(H2,8,9). The number of hydrogen-bond donors (Lipinski definition) is 1. The van der Waals surface area contributed by atoms with Crippen molar-refractivity contribution in [2.24, 2.45) is 0 Å². The third kappa shape index (κ3) is 1.38. The quantitative estimate of drug-likeness (QED) is 0.632. The van der Waals surface area contributed by atoms with Crippen molar-refractivity contribution in [1.82, 2.24) is 4.98 Å². The molecule has 1 aromatic rings. The molecule has 0 bridgehead atoms. The summed E-state index contributed by atoms with van der Waals surface area (Å²) in [6.07, 6.45) is 0. The van der Waals surface area contributed by atoms with E-state index in [9.17, 15) is 4.39 Å². The highest BCUT2D eigenvalue weighted by molar-refractivity contribution is 9.10. The van der Waals surface area contributed by atoms with E-state index < -0.39 is 5.95 Å². The molecule has 1 rings (SSSR count). The summed E-state index contributed by atoms with van der Waals surface area (Å²) in [4.78, 5) is 3.34. The van der Waals surface area contributed by atoms with Gasteiger partial charge in [-0.05, 0) is 28.1 Å². The molecule has 2 nitrogen and oxygen atoms in total. The summed E-state index contributed by atoms with van der Waals surface area (Å²) in [5.41, 5.74) is 5.22. The van der Waals surface area contributed by atoms with E-state index in [2.05, 4.69) is 20.9 Å². The summed E-state index contributed by atoms with van der Waals surface area (Å²) in [5, 5.41) is 0. The van der Waals surface area contributed by atoms with Crippen LogP contribution in [0.5, 0.6) is 0 Å². The molecule has 1 heterocycles. The van der Waals surface area contributed by atoms with Crippen LogP contribution in [-0.4, -0.2) is 4.98 Å². The third-order valence-corrected chi connectivity index (χ3v) is 1.51. The zero-order chi connectivity index (χ0) is 6.85. The zero-order valence-corrected chi connectivity index (χ0v) is 6.02. The number of pyridine rings is 1. The van der Waals surface area contributed by atoms with Gasteiger partial charge in [0, 0.05) is 0 Å². The van der Waals surface area contributed by atoms with Gasteiger partial charge in [0.1, 0.15) is 5.82 Å². The van der Waals surface area contributed by atoms with E-state index in [1.165, 1.54) is 12.1 Å². The van der Waals surface area contributed by atoms with Gasteiger partial charge in [-0.1, -0.05) is 0 Å². The molecule has 0 saturated carbocycles. The van der Waals surface area contributed by atoms with Gasteiger partial charge >= 0.3 is 0 Å². The Morgan fingerprint density at radius 2 is 2.22 bits per heavy atom. The molecule has 0 aromatic carbocycles. The second-order valence-electron chi connectivity index (χ2n) is 1.50. The Morgan fingerprint density at radius 1 is 1.56 bits per heavy atom. The van der Waals surface area contributed by atoms with Crippen molar-refractivity contribution in [3.8, 4) is 0 Å². The van der Waals surface area contributed by atoms with Gasteiger partial charge in [-0.15, -0.1) is 0 Å². The van der Waals surface area contributed by atoms with E-state index in [-0.39, 0.29) is 5.82 Å². The minimum Gasteiger partial charge on any atom is -0.383 e. The molecule has 0 fully saturated rings. The minimum absolute atomic E-state index is 0.176. The summed E-state index contributed by atoms with van der Waals surface area (Å²) in [6.45, 7) is 0. The van der Waals surface area contributed by atoms with Crippen LogP contribution in [0.2, 0.25) is 0 Å². The number of aromatic nitrogens is 1. The highest BCUT2D eigenvalue weighted by Crippen LogP contribution is 2.15. The van der Waals surface area contributed by atoms with Crippen LogP contribution in [0.1, 0.15) is 0 Å². The van der Waals surface area contributed by atoms with Gasteiger partial charge in [0.15, 0.2) is 0 Å². The van der Waals surface area contributed by atoms with Crippen LogP contribution < -0.4 is 5.73 Å². The topological polar surface area (TPSA) is 38.9 Å². The Balaban J connectivity index is 3.17. The second-order valence-corrected chi connectivity index (χ2v) is 2.36. The molecule has 2 N–H and O–H groups in total. The predicted molar refractivity (Wildman–Crippen MR) is 36.3 cm³/mol. The van der Waals surface area contributed by atoms with E-state index in [1.807, 2.05) is 0 Å². The third-order valence-electron chi connectivity index (χ3n) is 0.839. The Kier molecular flexibility index (Phi) is 1.66. The molecule has 9 heavy (non-hydrogen) atoms. The van der Waals surface area contributed by atoms with Gasteiger partial charge in [-0.2, -0.15) is 4.39 Å². The first-order valence-electron chi connectivity index (χ1n) is 2.27. The number of halogens is 2. The lowest BCUT2D eigenvalue weighted by molar-refractivity contribution is 0.585. The van der Waals surface area contributed by atoms with Crippen LogP contribution in [0.4, 0.5) is 10.2 Å². The summed E-state index contributed by atoms with van der Waals surface area (Å²) in [6, 6.07) is 2.75. The minimum atomic E-state index is -0.560. The first-order valence-corrected chi connectivity index (χ1v) is 3.07. The molecule has 0 unspecified atom stereocenters. The molecule has 0 aliphatic heterocycles. The van der Waals surface area contributed by atoms with E-state index in [1.54, 1.807) is 0 Å². The highest BCUT2D eigenvalue weighted by atomic mass is 79.9. The number of anilines is 1. The van der Waals surface area contributed by atoms with Crippen molar-refractivity contribution in [3.63, 3.8) is 0 Å². The van der Waals surface area contributed by atoms with E-state index >= 15 is 0 Å². The molecule has 0 spiro atoms. The summed E-state index contributed by atoms with van der Waals surface area (Å²) >= 11 is 3.08. The normalized spacial score (nSPS) is 9.56. The molecule has 0 aliphatic carbocycles. The number of nitrogens with zero attached hydrogens (tertiary/aromatic N) is 1. The smallest absolute Gasteiger partial charge is 0.214 e.